The van der Waals surface area contributed by atoms with Crippen molar-refractivity contribution in [2.75, 3.05) is 19.8 Å². The SMILES string of the molecule is CCNC(=O)CCOc1ccc(COC(=O)[C@H](CCC(=O)OC(C)(C)C)NC(=O)OCC2c3ccccc3-c3ccccc32)cc1. The summed E-state index contributed by atoms with van der Waals surface area (Å²) in [5.74, 6) is -0.863. The number of hydrogen-bond donors (Lipinski definition) is 2. The monoisotopic (exact) mass is 630 g/mol. The Hall–Kier alpha value is -4.86. The van der Waals surface area contributed by atoms with Crippen molar-refractivity contribution >= 4 is 23.9 Å². The third-order valence-corrected chi connectivity index (χ3v) is 7.25. The molecule has 0 saturated carbocycles. The zero-order valence-corrected chi connectivity index (χ0v) is 26.8. The number of alkyl carbamates (subject to hydrolysis) is 1. The Bertz CT molecular complexity index is 1470. The molecule has 1 aliphatic carbocycles. The predicted molar refractivity (Wildman–Crippen MR) is 172 cm³/mol. The number of carbonyl (C=O) groups is 4. The maximum Gasteiger partial charge on any atom is 0.407 e. The summed E-state index contributed by atoms with van der Waals surface area (Å²) in [4.78, 5) is 50.1. The Kier molecular flexibility index (Phi) is 11.8. The van der Waals surface area contributed by atoms with Crippen molar-refractivity contribution in [1.29, 1.82) is 0 Å². The summed E-state index contributed by atoms with van der Waals surface area (Å²) in [5, 5.41) is 5.31. The highest BCUT2D eigenvalue weighted by Crippen LogP contribution is 2.44. The van der Waals surface area contributed by atoms with E-state index in [1.807, 2.05) is 55.5 Å². The Morgan fingerprint density at radius 2 is 1.46 bits per heavy atom. The van der Waals surface area contributed by atoms with E-state index in [4.69, 9.17) is 18.9 Å². The number of carbonyl (C=O) groups excluding carboxylic acids is 4. The summed E-state index contributed by atoms with van der Waals surface area (Å²) in [6.45, 7) is 7.93. The molecule has 0 heterocycles. The Morgan fingerprint density at radius 1 is 0.826 bits per heavy atom. The second-order valence-electron chi connectivity index (χ2n) is 12.0. The second-order valence-corrected chi connectivity index (χ2v) is 12.0. The van der Waals surface area contributed by atoms with Crippen molar-refractivity contribution in [3.05, 3.63) is 89.5 Å². The fourth-order valence-electron chi connectivity index (χ4n) is 5.17. The van der Waals surface area contributed by atoms with Crippen LogP contribution in [-0.2, 0) is 35.2 Å². The zero-order chi connectivity index (χ0) is 33.1. The van der Waals surface area contributed by atoms with Crippen molar-refractivity contribution in [3.63, 3.8) is 0 Å². The lowest BCUT2D eigenvalue weighted by atomic mass is 9.98. The van der Waals surface area contributed by atoms with Gasteiger partial charge in [-0.25, -0.2) is 9.59 Å². The van der Waals surface area contributed by atoms with Gasteiger partial charge in [-0.15, -0.1) is 0 Å². The van der Waals surface area contributed by atoms with E-state index in [0.29, 0.717) is 17.9 Å². The molecule has 0 bridgehead atoms. The molecule has 0 spiro atoms. The van der Waals surface area contributed by atoms with Gasteiger partial charge in [0.1, 0.15) is 30.6 Å². The van der Waals surface area contributed by atoms with E-state index in [1.54, 1.807) is 45.0 Å². The normalized spacial score (nSPS) is 12.7. The molecule has 244 valence electrons. The molecule has 3 aromatic carbocycles. The molecule has 3 aromatic rings. The van der Waals surface area contributed by atoms with Crippen LogP contribution in [0.15, 0.2) is 72.8 Å². The molecule has 0 aliphatic heterocycles. The minimum absolute atomic E-state index is 0.0314. The fourth-order valence-corrected chi connectivity index (χ4v) is 5.17. The first-order valence-corrected chi connectivity index (χ1v) is 15.5. The summed E-state index contributed by atoms with van der Waals surface area (Å²) in [6, 6.07) is 21.8. The van der Waals surface area contributed by atoms with Gasteiger partial charge >= 0.3 is 18.0 Å². The lowest BCUT2D eigenvalue weighted by Crippen LogP contribution is -2.43. The molecule has 2 amide bonds. The summed E-state index contributed by atoms with van der Waals surface area (Å²) in [5.41, 5.74) is 4.34. The quantitative estimate of drug-likeness (QED) is 0.172. The van der Waals surface area contributed by atoms with Crippen LogP contribution in [0.1, 0.15) is 69.6 Å². The first-order valence-electron chi connectivity index (χ1n) is 15.5. The number of amides is 2. The van der Waals surface area contributed by atoms with Crippen molar-refractivity contribution in [1.82, 2.24) is 10.6 Å². The number of esters is 2. The van der Waals surface area contributed by atoms with Crippen molar-refractivity contribution in [2.45, 2.75) is 71.1 Å². The average Bonchev–Trinajstić information content (AvgIpc) is 3.34. The highest BCUT2D eigenvalue weighted by atomic mass is 16.6. The Morgan fingerprint density at radius 3 is 2.07 bits per heavy atom. The largest absolute Gasteiger partial charge is 0.493 e. The van der Waals surface area contributed by atoms with Crippen molar-refractivity contribution in [3.8, 4) is 16.9 Å². The lowest BCUT2D eigenvalue weighted by Gasteiger charge is -2.21. The highest BCUT2D eigenvalue weighted by molar-refractivity contribution is 5.83. The average molecular weight is 631 g/mol. The van der Waals surface area contributed by atoms with Gasteiger partial charge in [0, 0.05) is 18.9 Å². The number of rotatable bonds is 14. The molecule has 10 heteroatoms. The molecular weight excluding hydrogens is 588 g/mol. The molecule has 0 saturated heterocycles. The van der Waals surface area contributed by atoms with Gasteiger partial charge in [0.2, 0.25) is 5.91 Å². The topological polar surface area (TPSA) is 129 Å². The lowest BCUT2D eigenvalue weighted by molar-refractivity contribution is -0.155. The number of nitrogens with one attached hydrogen (secondary N) is 2. The van der Waals surface area contributed by atoms with Gasteiger partial charge in [-0.05, 0) is 74.1 Å². The van der Waals surface area contributed by atoms with Crippen LogP contribution in [-0.4, -0.2) is 55.3 Å². The van der Waals surface area contributed by atoms with Gasteiger partial charge in [0.15, 0.2) is 0 Å². The molecule has 0 unspecified atom stereocenters. The molecule has 0 aromatic heterocycles. The van der Waals surface area contributed by atoms with Crippen LogP contribution in [0.3, 0.4) is 0 Å². The van der Waals surface area contributed by atoms with Gasteiger partial charge in [0.25, 0.3) is 0 Å². The molecule has 46 heavy (non-hydrogen) atoms. The number of fused-ring (bicyclic) bond motifs is 3. The van der Waals surface area contributed by atoms with Crippen LogP contribution < -0.4 is 15.4 Å². The smallest absolute Gasteiger partial charge is 0.407 e. The van der Waals surface area contributed by atoms with E-state index >= 15 is 0 Å². The predicted octanol–water partition coefficient (Wildman–Crippen LogP) is 5.66. The third kappa shape index (κ3) is 9.82. The molecule has 10 nitrogen and oxygen atoms in total. The molecule has 0 fully saturated rings. The molecular formula is C36H42N2O8. The van der Waals surface area contributed by atoms with Crippen LogP contribution in [0.5, 0.6) is 5.75 Å². The van der Waals surface area contributed by atoms with E-state index < -0.39 is 29.7 Å². The van der Waals surface area contributed by atoms with Crippen LogP contribution in [0.4, 0.5) is 4.79 Å². The zero-order valence-electron chi connectivity index (χ0n) is 26.8. The van der Waals surface area contributed by atoms with Crippen LogP contribution in [0.25, 0.3) is 11.1 Å². The first-order chi connectivity index (χ1) is 22.0. The van der Waals surface area contributed by atoms with Gasteiger partial charge in [-0.1, -0.05) is 60.7 Å². The van der Waals surface area contributed by atoms with Gasteiger partial charge in [0.05, 0.1) is 13.0 Å². The third-order valence-electron chi connectivity index (χ3n) is 7.25. The van der Waals surface area contributed by atoms with E-state index in [0.717, 1.165) is 22.3 Å². The van der Waals surface area contributed by atoms with Crippen LogP contribution in [0.2, 0.25) is 0 Å². The minimum atomic E-state index is -1.14. The van der Waals surface area contributed by atoms with E-state index in [1.165, 1.54) is 0 Å². The minimum Gasteiger partial charge on any atom is -0.493 e. The van der Waals surface area contributed by atoms with Gasteiger partial charge < -0.3 is 29.6 Å². The van der Waals surface area contributed by atoms with Crippen LogP contribution >= 0.6 is 0 Å². The van der Waals surface area contributed by atoms with E-state index in [9.17, 15) is 19.2 Å². The number of hydrogen-bond acceptors (Lipinski definition) is 8. The van der Waals surface area contributed by atoms with E-state index in [2.05, 4.69) is 10.6 Å². The van der Waals surface area contributed by atoms with Gasteiger partial charge in [-0.3, -0.25) is 9.59 Å². The highest BCUT2D eigenvalue weighted by Gasteiger charge is 2.30. The van der Waals surface area contributed by atoms with Crippen molar-refractivity contribution < 1.29 is 38.1 Å². The molecule has 2 N–H and O–H groups in total. The maximum absolute atomic E-state index is 13.2. The summed E-state index contributed by atoms with van der Waals surface area (Å²) in [6.07, 6.45) is -0.685. The summed E-state index contributed by atoms with van der Waals surface area (Å²) in [7, 11) is 0. The Balaban J connectivity index is 1.34. The molecule has 1 aliphatic rings. The van der Waals surface area contributed by atoms with E-state index in [-0.39, 0.29) is 50.9 Å². The maximum atomic E-state index is 13.2. The van der Waals surface area contributed by atoms with Crippen molar-refractivity contribution in [2.24, 2.45) is 0 Å². The standard InChI is InChI=1S/C36H42N2O8/c1-5-37-32(39)20-21-43-25-16-14-24(15-17-25)22-44-34(41)31(18-19-33(40)46-36(2,3)4)38-35(42)45-23-30-28-12-8-6-10-26(28)27-11-7-9-13-29(27)30/h6-17,30-31H,5,18-23H2,1-4H3,(H,37,39)(H,38,42)/t31-/m0/s1. The molecule has 0 radical (unpaired) electrons. The summed E-state index contributed by atoms with van der Waals surface area (Å²) < 4.78 is 22.1. The fraction of sp³-hybridized carbons (Fsp3) is 0.389. The number of ether oxygens (including phenoxy) is 4. The Labute approximate surface area is 269 Å². The molecule has 4 rings (SSSR count). The van der Waals surface area contributed by atoms with Gasteiger partial charge in [-0.2, -0.15) is 0 Å². The number of benzene rings is 3. The first kappa shape index (κ1) is 34.0. The second kappa shape index (κ2) is 15.9. The summed E-state index contributed by atoms with van der Waals surface area (Å²) >= 11 is 0. The van der Waals surface area contributed by atoms with Crippen LogP contribution in [0, 0.1) is 0 Å². The molecule has 1 atom stereocenters.